The van der Waals surface area contributed by atoms with Crippen molar-refractivity contribution in [2.75, 3.05) is 25.7 Å². The van der Waals surface area contributed by atoms with Crippen molar-refractivity contribution in [3.05, 3.63) is 58.1 Å². The van der Waals surface area contributed by atoms with Crippen molar-refractivity contribution in [3.8, 4) is 17.6 Å². The lowest BCUT2D eigenvalue weighted by Crippen LogP contribution is -2.24. The highest BCUT2D eigenvalue weighted by molar-refractivity contribution is 9.10. The Kier molecular flexibility index (Phi) is 6.81. The Morgan fingerprint density at radius 1 is 1.27 bits per heavy atom. The Morgan fingerprint density at radius 2 is 2.04 bits per heavy atom. The number of carbonyl (C=O) groups is 1. The van der Waals surface area contributed by atoms with Crippen molar-refractivity contribution in [3.63, 3.8) is 0 Å². The number of hydrogen-bond donors (Lipinski definition) is 0. The van der Waals surface area contributed by atoms with Gasteiger partial charge < -0.3 is 14.4 Å². The second-order valence-electron chi connectivity index (χ2n) is 5.52. The van der Waals surface area contributed by atoms with E-state index in [1.165, 1.54) is 13.2 Å². The number of rotatable bonds is 6. The number of carbonyl (C=O) groups excluding carboxylic acids is 1. The number of likely N-dealkylation sites (N-methyl/N-ethyl adjacent to an activating group) is 1. The van der Waals surface area contributed by atoms with Crippen LogP contribution < -0.4 is 14.4 Å². The Hall–Kier alpha value is -2.78. The Balaban J connectivity index is 2.15. The van der Waals surface area contributed by atoms with Crippen LogP contribution in [0.15, 0.2) is 46.9 Å². The van der Waals surface area contributed by atoms with Gasteiger partial charge >= 0.3 is 0 Å². The standard InChI is InChI=1S/C20H19BrN2O3/c1-14-12-16(21)6-7-17(14)23(2)20(24)9-5-15-4-8-18(26-11-10-22)19(13-15)25-3/h4-9,12-13H,11H2,1-3H3/b9-5+. The summed E-state index contributed by atoms with van der Waals surface area (Å²) in [6.07, 6.45) is 3.22. The van der Waals surface area contributed by atoms with E-state index in [-0.39, 0.29) is 12.5 Å². The third-order valence-electron chi connectivity index (χ3n) is 3.75. The van der Waals surface area contributed by atoms with E-state index in [0.29, 0.717) is 11.5 Å². The van der Waals surface area contributed by atoms with Crippen LogP contribution in [-0.2, 0) is 4.79 Å². The number of nitrogens with zero attached hydrogens (tertiary/aromatic N) is 2. The second-order valence-corrected chi connectivity index (χ2v) is 6.43. The molecule has 0 heterocycles. The van der Waals surface area contributed by atoms with Gasteiger partial charge in [-0.25, -0.2) is 0 Å². The van der Waals surface area contributed by atoms with Gasteiger partial charge in [0.05, 0.1) is 7.11 Å². The van der Waals surface area contributed by atoms with Crippen LogP contribution in [0.3, 0.4) is 0 Å². The number of nitriles is 1. The van der Waals surface area contributed by atoms with Crippen molar-refractivity contribution in [2.24, 2.45) is 0 Å². The molecule has 0 bridgehead atoms. The van der Waals surface area contributed by atoms with E-state index in [9.17, 15) is 4.79 Å². The normalized spacial score (nSPS) is 10.4. The summed E-state index contributed by atoms with van der Waals surface area (Å²) in [6.45, 7) is 1.90. The lowest BCUT2D eigenvalue weighted by atomic mass is 10.1. The van der Waals surface area contributed by atoms with Crippen molar-refractivity contribution in [2.45, 2.75) is 6.92 Å². The minimum Gasteiger partial charge on any atom is -0.493 e. The number of hydrogen-bond acceptors (Lipinski definition) is 4. The summed E-state index contributed by atoms with van der Waals surface area (Å²) in [5, 5.41) is 8.60. The molecule has 0 radical (unpaired) electrons. The Bertz CT molecular complexity index is 872. The fourth-order valence-electron chi connectivity index (χ4n) is 2.41. The molecule has 0 aliphatic carbocycles. The van der Waals surface area contributed by atoms with Gasteiger partial charge in [0, 0.05) is 23.3 Å². The van der Waals surface area contributed by atoms with E-state index in [1.54, 1.807) is 36.2 Å². The van der Waals surface area contributed by atoms with Gasteiger partial charge in [0.15, 0.2) is 18.1 Å². The van der Waals surface area contributed by atoms with Gasteiger partial charge in [-0.2, -0.15) is 5.26 Å². The number of amides is 1. The van der Waals surface area contributed by atoms with Gasteiger partial charge in [-0.3, -0.25) is 4.79 Å². The largest absolute Gasteiger partial charge is 0.493 e. The summed E-state index contributed by atoms with van der Waals surface area (Å²) < 4.78 is 11.5. The monoisotopic (exact) mass is 414 g/mol. The number of halogens is 1. The summed E-state index contributed by atoms with van der Waals surface area (Å²) in [5.74, 6) is 0.853. The van der Waals surface area contributed by atoms with Crippen LogP contribution in [0, 0.1) is 18.3 Å². The summed E-state index contributed by atoms with van der Waals surface area (Å²) in [6, 6.07) is 12.9. The molecule has 2 aromatic carbocycles. The molecule has 2 aromatic rings. The van der Waals surface area contributed by atoms with Crippen molar-refractivity contribution >= 4 is 33.6 Å². The summed E-state index contributed by atoms with van der Waals surface area (Å²) in [5.41, 5.74) is 2.64. The molecule has 5 nitrogen and oxygen atoms in total. The van der Waals surface area contributed by atoms with Crippen molar-refractivity contribution in [1.29, 1.82) is 5.26 Å². The molecule has 0 fully saturated rings. The van der Waals surface area contributed by atoms with Gasteiger partial charge in [0.25, 0.3) is 5.91 Å². The van der Waals surface area contributed by atoms with Crippen LogP contribution in [0.1, 0.15) is 11.1 Å². The maximum absolute atomic E-state index is 12.5. The van der Waals surface area contributed by atoms with Gasteiger partial charge in [0.1, 0.15) is 6.07 Å². The van der Waals surface area contributed by atoms with Gasteiger partial charge in [-0.1, -0.05) is 22.0 Å². The Morgan fingerprint density at radius 3 is 2.69 bits per heavy atom. The highest BCUT2D eigenvalue weighted by Crippen LogP contribution is 2.28. The molecule has 26 heavy (non-hydrogen) atoms. The first-order chi connectivity index (χ1) is 12.5. The van der Waals surface area contributed by atoms with Gasteiger partial charge in [-0.05, 0) is 54.5 Å². The molecule has 0 N–H and O–H groups in total. The smallest absolute Gasteiger partial charge is 0.250 e. The third-order valence-corrected chi connectivity index (χ3v) is 4.24. The van der Waals surface area contributed by atoms with E-state index < -0.39 is 0 Å². The number of benzene rings is 2. The van der Waals surface area contributed by atoms with Crippen LogP contribution in [-0.4, -0.2) is 26.7 Å². The highest BCUT2D eigenvalue weighted by Gasteiger charge is 2.11. The fourth-order valence-corrected chi connectivity index (χ4v) is 2.89. The molecule has 0 atom stereocenters. The van der Waals surface area contributed by atoms with Crippen LogP contribution >= 0.6 is 15.9 Å². The number of anilines is 1. The molecule has 134 valence electrons. The van der Waals surface area contributed by atoms with E-state index in [0.717, 1.165) is 21.3 Å². The molecule has 2 rings (SSSR count). The maximum Gasteiger partial charge on any atom is 0.250 e. The van der Waals surface area contributed by atoms with Gasteiger partial charge in [0.2, 0.25) is 0 Å². The molecular weight excluding hydrogens is 396 g/mol. The van der Waals surface area contributed by atoms with E-state index in [2.05, 4.69) is 15.9 Å². The molecule has 0 saturated carbocycles. The first-order valence-corrected chi connectivity index (χ1v) is 8.65. The summed E-state index contributed by atoms with van der Waals surface area (Å²) >= 11 is 3.42. The average Bonchev–Trinajstić information content (AvgIpc) is 2.64. The molecular formula is C20H19BrN2O3. The van der Waals surface area contributed by atoms with E-state index in [4.69, 9.17) is 14.7 Å². The molecule has 0 unspecified atom stereocenters. The van der Waals surface area contributed by atoms with Crippen molar-refractivity contribution < 1.29 is 14.3 Å². The summed E-state index contributed by atoms with van der Waals surface area (Å²) in [4.78, 5) is 14.0. The fraction of sp³-hybridized carbons (Fsp3) is 0.200. The summed E-state index contributed by atoms with van der Waals surface area (Å²) in [7, 11) is 3.26. The zero-order valence-corrected chi connectivity index (χ0v) is 16.4. The topological polar surface area (TPSA) is 62.6 Å². The first kappa shape index (κ1) is 19.5. The maximum atomic E-state index is 12.5. The second kappa shape index (κ2) is 9.07. The zero-order valence-electron chi connectivity index (χ0n) is 14.8. The molecule has 0 aromatic heterocycles. The number of ether oxygens (including phenoxy) is 2. The highest BCUT2D eigenvalue weighted by atomic mass is 79.9. The van der Waals surface area contributed by atoms with Gasteiger partial charge in [-0.15, -0.1) is 0 Å². The van der Waals surface area contributed by atoms with Crippen LogP contribution in [0.4, 0.5) is 5.69 Å². The third kappa shape index (κ3) is 4.87. The molecule has 0 aliphatic heterocycles. The lowest BCUT2D eigenvalue weighted by molar-refractivity contribution is -0.113. The molecule has 0 spiro atoms. The average molecular weight is 415 g/mol. The van der Waals surface area contributed by atoms with Crippen LogP contribution in [0.5, 0.6) is 11.5 Å². The van der Waals surface area contributed by atoms with Crippen LogP contribution in [0.25, 0.3) is 6.08 Å². The quantitative estimate of drug-likeness (QED) is 0.659. The van der Waals surface area contributed by atoms with E-state index in [1.807, 2.05) is 31.2 Å². The Labute approximate surface area is 161 Å². The molecule has 6 heteroatoms. The van der Waals surface area contributed by atoms with E-state index >= 15 is 0 Å². The van der Waals surface area contributed by atoms with Crippen LogP contribution in [0.2, 0.25) is 0 Å². The minimum atomic E-state index is -0.140. The number of methoxy groups -OCH3 is 1. The zero-order chi connectivity index (χ0) is 19.1. The predicted molar refractivity (Wildman–Crippen MR) is 105 cm³/mol. The van der Waals surface area contributed by atoms with Crippen molar-refractivity contribution in [1.82, 2.24) is 0 Å². The number of aryl methyl sites for hydroxylation is 1. The predicted octanol–water partition coefficient (Wildman–Crippen LogP) is 4.34. The SMILES string of the molecule is COc1cc(/C=C/C(=O)N(C)c2ccc(Br)cc2C)ccc1OCC#N. The first-order valence-electron chi connectivity index (χ1n) is 7.86. The minimum absolute atomic E-state index is 0.0542. The molecule has 0 saturated heterocycles. The lowest BCUT2D eigenvalue weighted by Gasteiger charge is -2.18. The molecule has 0 aliphatic rings. The molecule has 1 amide bonds.